The molecule has 0 aromatic rings. The first-order valence-corrected chi connectivity index (χ1v) is 8.10. The molecule has 0 saturated heterocycles. The van der Waals surface area contributed by atoms with Crippen LogP contribution >= 0.6 is 7.94 Å². The van der Waals surface area contributed by atoms with Gasteiger partial charge in [-0.15, -0.1) is 0 Å². The number of hydrogen-bond donors (Lipinski definition) is 0. The molecule has 3 nitrogen and oxygen atoms in total. The van der Waals surface area contributed by atoms with Crippen LogP contribution in [0.3, 0.4) is 0 Å². The maximum Gasteiger partial charge on any atom is 0.409 e. The first-order chi connectivity index (χ1) is 7.12. The standard InChI is InChI=1S/C13H30O3P/c1-11(2,3)14-17(10,15-12(4,5)6)16-13(7,8)9/h1-10H3/q+1. The molecule has 0 aromatic heterocycles. The Morgan fingerprint density at radius 3 is 0.824 bits per heavy atom. The summed E-state index contributed by atoms with van der Waals surface area (Å²) in [6, 6.07) is 0. The second-order valence-electron chi connectivity index (χ2n) is 7.38. The zero-order chi connectivity index (χ0) is 14.1. The third-order valence-electron chi connectivity index (χ3n) is 1.32. The summed E-state index contributed by atoms with van der Waals surface area (Å²) in [6.07, 6.45) is 0. The highest BCUT2D eigenvalue weighted by Crippen LogP contribution is 2.65. The van der Waals surface area contributed by atoms with Crippen molar-refractivity contribution < 1.29 is 13.6 Å². The van der Waals surface area contributed by atoms with E-state index in [1.165, 1.54) is 0 Å². The smallest absolute Gasteiger partial charge is 0.172 e. The van der Waals surface area contributed by atoms with Crippen LogP contribution in [0.25, 0.3) is 0 Å². The fraction of sp³-hybridized carbons (Fsp3) is 1.00. The fourth-order valence-corrected chi connectivity index (χ4v) is 4.64. The summed E-state index contributed by atoms with van der Waals surface area (Å²) in [5.74, 6) is 0. The normalized spacial score (nSPS) is 15.2. The minimum absolute atomic E-state index is 0.279. The van der Waals surface area contributed by atoms with Gasteiger partial charge in [0.05, 0.1) is 0 Å². The zero-order valence-electron chi connectivity index (χ0n) is 13.2. The van der Waals surface area contributed by atoms with Crippen LogP contribution in [0.5, 0.6) is 0 Å². The monoisotopic (exact) mass is 265 g/mol. The van der Waals surface area contributed by atoms with Gasteiger partial charge in [0.2, 0.25) is 0 Å². The molecule has 4 heteroatoms. The van der Waals surface area contributed by atoms with Crippen molar-refractivity contribution in [2.75, 3.05) is 6.66 Å². The predicted molar refractivity (Wildman–Crippen MR) is 75.4 cm³/mol. The van der Waals surface area contributed by atoms with E-state index >= 15 is 0 Å². The molecule has 17 heavy (non-hydrogen) atoms. The van der Waals surface area contributed by atoms with Crippen molar-refractivity contribution in [2.45, 2.75) is 79.1 Å². The molecule has 0 aromatic carbocycles. The van der Waals surface area contributed by atoms with E-state index in [-0.39, 0.29) is 16.8 Å². The molecule has 0 fully saturated rings. The summed E-state index contributed by atoms with van der Waals surface area (Å²) < 4.78 is 18.1. The van der Waals surface area contributed by atoms with Crippen molar-refractivity contribution in [2.24, 2.45) is 0 Å². The van der Waals surface area contributed by atoms with Crippen molar-refractivity contribution in [3.63, 3.8) is 0 Å². The van der Waals surface area contributed by atoms with Gasteiger partial charge in [-0.1, -0.05) is 0 Å². The molecule has 0 saturated carbocycles. The molecule has 0 N–H and O–H groups in total. The van der Waals surface area contributed by atoms with E-state index in [0.29, 0.717) is 0 Å². The van der Waals surface area contributed by atoms with Crippen molar-refractivity contribution in [3.8, 4) is 0 Å². The Balaban J connectivity index is 4.95. The summed E-state index contributed by atoms with van der Waals surface area (Å²) in [7, 11) is -2.33. The second kappa shape index (κ2) is 5.13. The van der Waals surface area contributed by atoms with Crippen LogP contribution < -0.4 is 0 Å². The summed E-state index contributed by atoms with van der Waals surface area (Å²) in [6.45, 7) is 20.1. The Bertz CT molecular complexity index is 202. The summed E-state index contributed by atoms with van der Waals surface area (Å²) in [5, 5.41) is 0. The predicted octanol–water partition coefficient (Wildman–Crippen LogP) is 4.82. The molecule has 0 bridgehead atoms. The zero-order valence-corrected chi connectivity index (χ0v) is 14.1. The molecule has 0 radical (unpaired) electrons. The maximum atomic E-state index is 6.04. The summed E-state index contributed by atoms with van der Waals surface area (Å²) in [4.78, 5) is 0. The van der Waals surface area contributed by atoms with E-state index in [2.05, 4.69) is 0 Å². The van der Waals surface area contributed by atoms with Gasteiger partial charge in [-0.2, -0.15) is 13.6 Å². The van der Waals surface area contributed by atoms with E-state index in [1.54, 1.807) is 0 Å². The summed E-state index contributed by atoms with van der Waals surface area (Å²) in [5.41, 5.74) is -0.836. The van der Waals surface area contributed by atoms with E-state index in [1.807, 2.05) is 69.0 Å². The highest BCUT2D eigenvalue weighted by atomic mass is 31.2. The third-order valence-corrected chi connectivity index (χ3v) is 3.96. The van der Waals surface area contributed by atoms with Crippen molar-refractivity contribution in [3.05, 3.63) is 0 Å². The van der Waals surface area contributed by atoms with E-state index in [0.717, 1.165) is 0 Å². The molecule has 0 aliphatic rings. The van der Waals surface area contributed by atoms with Gasteiger partial charge < -0.3 is 0 Å². The second-order valence-corrected chi connectivity index (χ2v) is 9.47. The molecule has 0 aliphatic heterocycles. The number of rotatable bonds is 3. The van der Waals surface area contributed by atoms with Crippen molar-refractivity contribution >= 4 is 7.94 Å². The Kier molecular flexibility index (Phi) is 5.22. The molecule has 0 amide bonds. The molecule has 0 unspecified atom stereocenters. The quantitative estimate of drug-likeness (QED) is 0.684. The highest BCUT2D eigenvalue weighted by molar-refractivity contribution is 7.60. The van der Waals surface area contributed by atoms with Gasteiger partial charge in [-0.05, 0) is 62.3 Å². The van der Waals surface area contributed by atoms with Gasteiger partial charge in [0.15, 0.2) is 0 Å². The molecule has 0 spiro atoms. The van der Waals surface area contributed by atoms with Crippen LogP contribution in [-0.2, 0) is 13.6 Å². The first kappa shape index (κ1) is 17.3. The van der Waals surface area contributed by atoms with Gasteiger partial charge in [0, 0.05) is 0 Å². The van der Waals surface area contributed by atoms with E-state index < -0.39 is 7.94 Å². The van der Waals surface area contributed by atoms with Gasteiger partial charge in [-0.3, -0.25) is 0 Å². The lowest BCUT2D eigenvalue weighted by Crippen LogP contribution is -2.31. The summed E-state index contributed by atoms with van der Waals surface area (Å²) >= 11 is 0. The molecule has 0 rings (SSSR count). The highest BCUT2D eigenvalue weighted by Gasteiger charge is 2.50. The van der Waals surface area contributed by atoms with Crippen LogP contribution in [0.2, 0.25) is 0 Å². The van der Waals surface area contributed by atoms with Gasteiger partial charge in [-0.25, -0.2) is 0 Å². The molecule has 0 heterocycles. The molecule has 104 valence electrons. The van der Waals surface area contributed by atoms with Gasteiger partial charge in [0.25, 0.3) is 0 Å². The minimum atomic E-state index is -2.33. The van der Waals surface area contributed by atoms with Crippen LogP contribution in [0, 0.1) is 0 Å². The molecule has 0 atom stereocenters. The van der Waals surface area contributed by atoms with Gasteiger partial charge >= 0.3 is 7.94 Å². The SMILES string of the molecule is CC(C)(C)O[P+](C)(OC(C)(C)C)OC(C)(C)C. The largest absolute Gasteiger partial charge is 0.409 e. The first-order valence-electron chi connectivity index (χ1n) is 6.11. The Labute approximate surface area is 108 Å². The minimum Gasteiger partial charge on any atom is -0.172 e. The Morgan fingerprint density at radius 1 is 0.529 bits per heavy atom. The van der Waals surface area contributed by atoms with Crippen molar-refractivity contribution in [1.82, 2.24) is 0 Å². The van der Waals surface area contributed by atoms with Gasteiger partial charge in [0.1, 0.15) is 23.5 Å². The number of hydrogen-bond acceptors (Lipinski definition) is 3. The fourth-order valence-electron chi connectivity index (χ4n) is 1.55. The average Bonchev–Trinajstić information content (AvgIpc) is 1.65. The average molecular weight is 265 g/mol. The van der Waals surface area contributed by atoms with E-state index in [4.69, 9.17) is 13.6 Å². The topological polar surface area (TPSA) is 27.7 Å². The third kappa shape index (κ3) is 9.96. The lowest BCUT2D eigenvalue weighted by atomic mass is 10.2. The molecular formula is C13H30O3P+. The Hall–Kier alpha value is 0.310. The maximum absolute atomic E-state index is 6.04. The lowest BCUT2D eigenvalue weighted by molar-refractivity contribution is -0.0120. The van der Waals surface area contributed by atoms with Crippen LogP contribution in [0.4, 0.5) is 0 Å². The van der Waals surface area contributed by atoms with E-state index in [9.17, 15) is 0 Å². The van der Waals surface area contributed by atoms with Crippen LogP contribution in [0.1, 0.15) is 62.3 Å². The van der Waals surface area contributed by atoms with Crippen molar-refractivity contribution in [1.29, 1.82) is 0 Å². The lowest BCUT2D eigenvalue weighted by Gasteiger charge is -2.33. The van der Waals surface area contributed by atoms with Crippen LogP contribution in [0.15, 0.2) is 0 Å². The van der Waals surface area contributed by atoms with Crippen LogP contribution in [-0.4, -0.2) is 23.5 Å². The Morgan fingerprint density at radius 2 is 0.706 bits per heavy atom. The molecular weight excluding hydrogens is 235 g/mol. The molecule has 0 aliphatic carbocycles.